The van der Waals surface area contributed by atoms with E-state index in [-0.39, 0.29) is 18.9 Å². The third-order valence-electron chi connectivity index (χ3n) is 8.13. The highest BCUT2D eigenvalue weighted by Crippen LogP contribution is 2.38. The Morgan fingerprint density at radius 2 is 1.22 bits per heavy atom. The fraction of sp³-hybridized carbons (Fsp3) is 0.865. The highest BCUT2D eigenvalue weighted by molar-refractivity contribution is 7.45. The first kappa shape index (κ1) is 45.0. The number of phosphoric acid groups is 1. The lowest BCUT2D eigenvalue weighted by Crippen LogP contribution is -2.45. The molecule has 0 aliphatic rings. The number of allylic oxidation sites excluding steroid dienone is 3. The Labute approximate surface area is 284 Å². The zero-order valence-corrected chi connectivity index (χ0v) is 31.4. The number of nitrogens with zero attached hydrogens (tertiary/aromatic N) is 1. The van der Waals surface area contributed by atoms with E-state index in [0.717, 1.165) is 19.3 Å². The van der Waals surface area contributed by atoms with Gasteiger partial charge in [-0.3, -0.25) is 9.36 Å². The molecule has 0 spiro atoms. The third-order valence-corrected chi connectivity index (χ3v) is 9.10. The van der Waals surface area contributed by atoms with Crippen molar-refractivity contribution >= 4 is 13.7 Å². The molecule has 0 bridgehead atoms. The summed E-state index contributed by atoms with van der Waals surface area (Å²) in [6.45, 7) is 4.25. The molecule has 46 heavy (non-hydrogen) atoms. The Balaban J connectivity index is 4.01. The van der Waals surface area contributed by atoms with E-state index in [4.69, 9.17) is 9.05 Å². The van der Waals surface area contributed by atoms with Gasteiger partial charge in [-0.15, -0.1) is 0 Å². The van der Waals surface area contributed by atoms with Gasteiger partial charge in [0.15, 0.2) is 0 Å². The van der Waals surface area contributed by atoms with E-state index in [1.165, 1.54) is 109 Å². The zero-order valence-electron chi connectivity index (χ0n) is 30.5. The van der Waals surface area contributed by atoms with Crippen LogP contribution in [-0.2, 0) is 18.4 Å². The minimum Gasteiger partial charge on any atom is -0.756 e. The van der Waals surface area contributed by atoms with Crippen molar-refractivity contribution in [1.82, 2.24) is 5.32 Å². The number of aliphatic hydroxyl groups excluding tert-OH is 1. The topological polar surface area (TPSA) is 108 Å². The lowest BCUT2D eigenvalue weighted by atomic mass is 10.0. The number of carbonyl (C=O) groups excluding carboxylic acids is 1. The van der Waals surface area contributed by atoms with E-state index in [1.54, 1.807) is 6.08 Å². The molecule has 0 heterocycles. The van der Waals surface area contributed by atoms with Crippen LogP contribution < -0.4 is 10.2 Å². The summed E-state index contributed by atoms with van der Waals surface area (Å²) in [5.41, 5.74) is 0. The van der Waals surface area contributed by atoms with Crippen molar-refractivity contribution in [3.63, 3.8) is 0 Å². The van der Waals surface area contributed by atoms with Crippen molar-refractivity contribution in [3.05, 3.63) is 24.3 Å². The number of hydrogen-bond acceptors (Lipinski definition) is 6. The summed E-state index contributed by atoms with van der Waals surface area (Å²) in [6.07, 6.45) is 34.0. The zero-order chi connectivity index (χ0) is 34.4. The SMILES string of the molecule is CCCCCCCCCCCCCCCCCCC/C=C/CC/C=C/C(O)C(COP(=O)([O-])OCC[N+](C)(C)C)NC(=O)CCC. The molecule has 0 aliphatic carbocycles. The predicted molar refractivity (Wildman–Crippen MR) is 192 cm³/mol. The van der Waals surface area contributed by atoms with Gasteiger partial charge >= 0.3 is 0 Å². The van der Waals surface area contributed by atoms with Crippen molar-refractivity contribution in [3.8, 4) is 0 Å². The molecule has 0 saturated heterocycles. The molecule has 9 heteroatoms. The first-order valence-corrected chi connectivity index (χ1v) is 20.2. The maximum atomic E-state index is 12.2. The Bertz CT molecular complexity index is 814. The Kier molecular flexibility index (Phi) is 29.4. The van der Waals surface area contributed by atoms with Crippen LogP contribution in [0.25, 0.3) is 0 Å². The minimum atomic E-state index is -4.56. The van der Waals surface area contributed by atoms with Gasteiger partial charge in [-0.05, 0) is 32.1 Å². The normalized spacial score (nSPS) is 15.0. The van der Waals surface area contributed by atoms with Crippen LogP contribution in [0.2, 0.25) is 0 Å². The van der Waals surface area contributed by atoms with Crippen molar-refractivity contribution in [2.45, 2.75) is 167 Å². The predicted octanol–water partition coefficient (Wildman–Crippen LogP) is 8.77. The van der Waals surface area contributed by atoms with Gasteiger partial charge in [-0.25, -0.2) is 0 Å². The largest absolute Gasteiger partial charge is 0.756 e. The Hall–Kier alpha value is -1.02. The number of nitrogens with one attached hydrogen (secondary N) is 1. The number of hydrogen-bond donors (Lipinski definition) is 2. The van der Waals surface area contributed by atoms with E-state index in [1.807, 2.05) is 34.1 Å². The van der Waals surface area contributed by atoms with Crippen molar-refractivity contribution < 1.29 is 32.9 Å². The quantitative estimate of drug-likeness (QED) is 0.0312. The smallest absolute Gasteiger partial charge is 0.268 e. The van der Waals surface area contributed by atoms with Crippen LogP contribution in [0.5, 0.6) is 0 Å². The monoisotopic (exact) mass is 673 g/mol. The molecule has 272 valence electrons. The number of aliphatic hydroxyl groups is 1. The number of quaternary nitrogens is 1. The van der Waals surface area contributed by atoms with Crippen molar-refractivity contribution in [2.75, 3.05) is 40.9 Å². The van der Waals surface area contributed by atoms with Gasteiger partial charge in [0, 0.05) is 6.42 Å². The van der Waals surface area contributed by atoms with Crippen molar-refractivity contribution in [2.24, 2.45) is 0 Å². The first-order valence-electron chi connectivity index (χ1n) is 18.7. The number of unbranched alkanes of at least 4 members (excludes halogenated alkanes) is 18. The average molecular weight is 673 g/mol. The summed E-state index contributed by atoms with van der Waals surface area (Å²) in [6, 6.07) is -0.894. The lowest BCUT2D eigenvalue weighted by molar-refractivity contribution is -0.870. The number of amides is 1. The van der Waals surface area contributed by atoms with Crippen LogP contribution in [0, 0.1) is 0 Å². The summed E-state index contributed by atoms with van der Waals surface area (Å²) >= 11 is 0. The molecule has 3 unspecified atom stereocenters. The minimum absolute atomic E-state index is 0.00732. The second-order valence-corrected chi connectivity index (χ2v) is 15.3. The number of carbonyl (C=O) groups is 1. The molecule has 0 aliphatic heterocycles. The fourth-order valence-corrected chi connectivity index (χ4v) is 5.87. The molecule has 0 aromatic rings. The second-order valence-electron chi connectivity index (χ2n) is 13.9. The van der Waals surface area contributed by atoms with Gasteiger partial charge in [0.25, 0.3) is 7.82 Å². The van der Waals surface area contributed by atoms with Gasteiger partial charge in [-0.2, -0.15) is 0 Å². The summed E-state index contributed by atoms with van der Waals surface area (Å²) in [4.78, 5) is 24.3. The molecular weight excluding hydrogens is 599 g/mol. The van der Waals surface area contributed by atoms with Crippen LogP contribution >= 0.6 is 7.82 Å². The van der Waals surface area contributed by atoms with E-state index < -0.39 is 26.6 Å². The van der Waals surface area contributed by atoms with Gasteiger partial charge in [0.1, 0.15) is 13.2 Å². The van der Waals surface area contributed by atoms with Crippen LogP contribution in [-0.4, -0.2) is 68.5 Å². The molecule has 1 amide bonds. The molecular formula is C37H73N2O6P. The summed E-state index contributed by atoms with van der Waals surface area (Å²) < 4.78 is 22.7. The molecule has 0 radical (unpaired) electrons. The number of rotatable bonds is 33. The summed E-state index contributed by atoms with van der Waals surface area (Å²) in [5, 5.41) is 13.3. The molecule has 3 atom stereocenters. The molecule has 0 aromatic carbocycles. The van der Waals surface area contributed by atoms with Gasteiger partial charge < -0.3 is 28.8 Å². The van der Waals surface area contributed by atoms with E-state index >= 15 is 0 Å². The highest BCUT2D eigenvalue weighted by atomic mass is 31.2. The number of likely N-dealkylation sites (N-methyl/N-ethyl adjacent to an activating group) is 1. The van der Waals surface area contributed by atoms with Gasteiger partial charge in [-0.1, -0.05) is 141 Å². The number of phosphoric ester groups is 1. The fourth-order valence-electron chi connectivity index (χ4n) is 5.15. The summed E-state index contributed by atoms with van der Waals surface area (Å²) in [5.74, 6) is -0.262. The van der Waals surface area contributed by atoms with E-state index in [9.17, 15) is 19.4 Å². The maximum absolute atomic E-state index is 12.2. The molecule has 0 aromatic heterocycles. The molecule has 8 nitrogen and oxygen atoms in total. The summed E-state index contributed by atoms with van der Waals surface area (Å²) in [7, 11) is 1.24. The van der Waals surface area contributed by atoms with Crippen molar-refractivity contribution in [1.29, 1.82) is 0 Å². The molecule has 0 fully saturated rings. The van der Waals surface area contributed by atoms with Gasteiger partial charge in [0.2, 0.25) is 5.91 Å². The standard InChI is InChI=1S/C37H73N2O6P/c1-6-8-9-10-11-12-13-14-15-16-17-18-19-20-21-22-23-24-25-26-27-28-29-31-36(40)35(38-37(41)30-7-2)34-45-46(42,43)44-33-32-39(3,4)5/h25-26,29,31,35-36,40H,6-24,27-28,30,32-34H2,1-5H3,(H-,38,41,42,43)/b26-25+,31-29+. The van der Waals surface area contributed by atoms with Gasteiger partial charge in [0.05, 0.1) is 39.9 Å². The first-order chi connectivity index (χ1) is 22.0. The van der Waals surface area contributed by atoms with E-state index in [2.05, 4.69) is 24.4 Å². The third kappa shape index (κ3) is 31.6. The maximum Gasteiger partial charge on any atom is 0.268 e. The highest BCUT2D eigenvalue weighted by Gasteiger charge is 2.22. The lowest BCUT2D eigenvalue weighted by Gasteiger charge is -2.29. The Morgan fingerprint density at radius 3 is 1.72 bits per heavy atom. The second kappa shape index (κ2) is 30.1. The van der Waals surface area contributed by atoms with Crippen LogP contribution in [0.4, 0.5) is 0 Å². The molecule has 2 N–H and O–H groups in total. The molecule has 0 saturated carbocycles. The van der Waals surface area contributed by atoms with Crippen LogP contribution in [0.3, 0.4) is 0 Å². The van der Waals surface area contributed by atoms with E-state index in [0.29, 0.717) is 17.4 Å². The van der Waals surface area contributed by atoms with Crippen LogP contribution in [0.1, 0.15) is 155 Å². The average Bonchev–Trinajstić information content (AvgIpc) is 2.98. The Morgan fingerprint density at radius 1 is 0.739 bits per heavy atom. The van der Waals surface area contributed by atoms with Crippen LogP contribution in [0.15, 0.2) is 24.3 Å². The molecule has 0 rings (SSSR count).